The van der Waals surface area contributed by atoms with Crippen molar-refractivity contribution in [2.45, 2.75) is 30.2 Å². The van der Waals surface area contributed by atoms with Gasteiger partial charge in [-0.25, -0.2) is 13.4 Å². The molecule has 0 saturated carbocycles. The molecule has 30 heavy (non-hydrogen) atoms. The summed E-state index contributed by atoms with van der Waals surface area (Å²) in [6, 6.07) is 6.36. The van der Waals surface area contributed by atoms with E-state index in [1.165, 1.54) is 0 Å². The van der Waals surface area contributed by atoms with Gasteiger partial charge < -0.3 is 4.90 Å². The second-order valence-corrected chi connectivity index (χ2v) is 12.1. The number of sulfone groups is 1. The molecule has 2 saturated heterocycles. The van der Waals surface area contributed by atoms with Gasteiger partial charge in [-0.2, -0.15) is 8.42 Å². The van der Waals surface area contributed by atoms with Gasteiger partial charge >= 0.3 is 0 Å². The lowest BCUT2D eigenvalue weighted by Crippen LogP contribution is -2.54. The molecule has 11 heteroatoms. The maximum Gasteiger partial charge on any atom is 0.285 e. The second-order valence-electron chi connectivity index (χ2n) is 8.26. The van der Waals surface area contributed by atoms with E-state index in [1.807, 2.05) is 4.90 Å². The van der Waals surface area contributed by atoms with Crippen LogP contribution in [0.5, 0.6) is 0 Å². The topological polar surface area (TPSA) is 107 Å². The fraction of sp³-hybridized carbons (Fsp3) is 0.579. The third-order valence-electron chi connectivity index (χ3n) is 5.89. The highest BCUT2D eigenvalue weighted by Crippen LogP contribution is 2.31. The van der Waals surface area contributed by atoms with E-state index in [1.54, 1.807) is 48.4 Å². The Bertz CT molecular complexity index is 1100. The molecule has 0 spiro atoms. The molecular weight excluding hydrogens is 428 g/mol. The van der Waals surface area contributed by atoms with Gasteiger partial charge in [0.1, 0.15) is 4.90 Å². The first-order valence-electron chi connectivity index (χ1n) is 9.99. The van der Waals surface area contributed by atoms with E-state index in [-0.39, 0.29) is 34.3 Å². The molecule has 164 valence electrons. The van der Waals surface area contributed by atoms with Gasteiger partial charge in [-0.3, -0.25) is 9.80 Å². The predicted molar refractivity (Wildman–Crippen MR) is 112 cm³/mol. The average Bonchev–Trinajstić information content (AvgIpc) is 3.18. The summed E-state index contributed by atoms with van der Waals surface area (Å²) in [5.74, 6) is -0.0180. The van der Waals surface area contributed by atoms with E-state index in [0.717, 1.165) is 6.42 Å². The number of rotatable bonds is 3. The average molecular weight is 455 g/mol. The first kappa shape index (κ1) is 21.3. The van der Waals surface area contributed by atoms with Crippen molar-refractivity contribution in [1.29, 1.82) is 0 Å². The molecule has 2 atom stereocenters. The Hall–Kier alpha value is -1.98. The van der Waals surface area contributed by atoms with Gasteiger partial charge in [-0.05, 0) is 31.4 Å². The molecule has 0 N–H and O–H groups in total. The third-order valence-corrected chi connectivity index (χ3v) is 8.97. The maximum absolute atomic E-state index is 13.4. The molecule has 3 heterocycles. The summed E-state index contributed by atoms with van der Waals surface area (Å²) in [4.78, 5) is 15.4. The van der Waals surface area contributed by atoms with Crippen molar-refractivity contribution in [3.8, 4) is 0 Å². The summed E-state index contributed by atoms with van der Waals surface area (Å²) in [5.41, 5.74) is 0.567. The van der Waals surface area contributed by atoms with Gasteiger partial charge in [0.25, 0.3) is 10.0 Å². The van der Waals surface area contributed by atoms with Crippen molar-refractivity contribution >= 4 is 31.6 Å². The molecule has 3 aliphatic heterocycles. The van der Waals surface area contributed by atoms with Crippen LogP contribution in [0.15, 0.2) is 33.6 Å². The lowest BCUT2D eigenvalue weighted by Gasteiger charge is -2.40. The number of amides is 1. The number of amidine groups is 1. The highest BCUT2D eigenvalue weighted by atomic mass is 32.2. The van der Waals surface area contributed by atoms with Gasteiger partial charge in [0.2, 0.25) is 5.91 Å². The Balaban J connectivity index is 1.56. The monoisotopic (exact) mass is 454 g/mol. The van der Waals surface area contributed by atoms with Crippen LogP contribution in [0.2, 0.25) is 0 Å². The van der Waals surface area contributed by atoms with Crippen LogP contribution in [0.3, 0.4) is 0 Å². The van der Waals surface area contributed by atoms with Crippen LogP contribution >= 0.6 is 0 Å². The van der Waals surface area contributed by atoms with E-state index in [9.17, 15) is 21.6 Å². The van der Waals surface area contributed by atoms with Crippen molar-refractivity contribution in [2.75, 3.05) is 38.7 Å². The quantitative estimate of drug-likeness (QED) is 0.606. The van der Waals surface area contributed by atoms with E-state index >= 15 is 0 Å². The minimum absolute atomic E-state index is 0.0221. The van der Waals surface area contributed by atoms with Crippen molar-refractivity contribution in [3.63, 3.8) is 0 Å². The number of carbonyl (C=O) groups is 1. The van der Waals surface area contributed by atoms with Gasteiger partial charge in [0.05, 0.1) is 23.5 Å². The Morgan fingerprint density at radius 1 is 1.13 bits per heavy atom. The number of fused-ring (bicyclic) bond motifs is 1. The fourth-order valence-electron chi connectivity index (χ4n) is 4.55. The van der Waals surface area contributed by atoms with Crippen LogP contribution in [-0.2, 0) is 24.7 Å². The molecular formula is C19H26N4O5S2. The van der Waals surface area contributed by atoms with Crippen LogP contribution in [0.4, 0.5) is 0 Å². The lowest BCUT2D eigenvalue weighted by molar-refractivity contribution is -0.155. The molecule has 2 fully saturated rings. The van der Waals surface area contributed by atoms with Crippen molar-refractivity contribution < 1.29 is 21.6 Å². The van der Waals surface area contributed by atoms with E-state index in [4.69, 9.17) is 0 Å². The number of benzene rings is 1. The van der Waals surface area contributed by atoms with Crippen LogP contribution in [-0.4, -0.2) is 88.2 Å². The Morgan fingerprint density at radius 2 is 1.87 bits per heavy atom. The van der Waals surface area contributed by atoms with E-state index in [0.29, 0.717) is 37.3 Å². The summed E-state index contributed by atoms with van der Waals surface area (Å²) in [5, 5.41) is 3.24. The fourth-order valence-corrected chi connectivity index (χ4v) is 7.47. The smallest absolute Gasteiger partial charge is 0.285 e. The number of likely N-dealkylation sites (tertiary alicyclic amines) is 1. The zero-order chi connectivity index (χ0) is 21.7. The van der Waals surface area contributed by atoms with Crippen molar-refractivity contribution in [3.05, 3.63) is 29.8 Å². The summed E-state index contributed by atoms with van der Waals surface area (Å²) in [6.45, 7) is 0.970. The molecule has 1 amide bonds. The van der Waals surface area contributed by atoms with E-state index < -0.39 is 19.9 Å². The van der Waals surface area contributed by atoms with Crippen molar-refractivity contribution in [2.24, 2.45) is 10.3 Å². The van der Waals surface area contributed by atoms with Gasteiger partial charge in [0.15, 0.2) is 15.7 Å². The number of nitrogens with zero attached hydrogens (tertiary/aromatic N) is 4. The predicted octanol–water partition coefficient (Wildman–Crippen LogP) is 0.340. The molecule has 1 aromatic carbocycles. The standard InChI is InChI=1S/C19H26N4O5S2/c1-21(2)23(15-9-11-29(25,26)13-15)19(24)14-6-5-10-22(12-14)18-16-7-3-4-8-17(16)30(27,28)20-18/h3-4,7-8,14-15H,5-6,9-13H2,1-2H3/t14-,15-/m1/s1. The number of hydrogen-bond donors (Lipinski definition) is 0. The van der Waals surface area contributed by atoms with Gasteiger partial charge in [-0.1, -0.05) is 12.1 Å². The van der Waals surface area contributed by atoms with E-state index in [2.05, 4.69) is 4.40 Å². The summed E-state index contributed by atoms with van der Waals surface area (Å²) >= 11 is 0. The molecule has 0 aliphatic carbocycles. The highest BCUT2D eigenvalue weighted by molar-refractivity contribution is 7.91. The maximum atomic E-state index is 13.4. The number of carbonyl (C=O) groups excluding carboxylic acids is 1. The minimum Gasteiger partial charge on any atom is -0.355 e. The molecule has 0 aromatic heterocycles. The highest BCUT2D eigenvalue weighted by Gasteiger charge is 2.41. The molecule has 0 radical (unpaired) electrons. The number of sulfonamides is 1. The first-order valence-corrected chi connectivity index (χ1v) is 13.3. The number of hydrazine groups is 1. The molecule has 0 unspecified atom stereocenters. The zero-order valence-electron chi connectivity index (χ0n) is 17.1. The minimum atomic E-state index is -3.72. The van der Waals surface area contributed by atoms with Crippen molar-refractivity contribution in [1.82, 2.24) is 14.9 Å². The van der Waals surface area contributed by atoms with Crippen LogP contribution in [0.25, 0.3) is 0 Å². The van der Waals surface area contributed by atoms with Crippen LogP contribution < -0.4 is 0 Å². The Kier molecular flexibility index (Phi) is 5.39. The van der Waals surface area contributed by atoms with Gasteiger partial charge in [-0.15, -0.1) is 4.40 Å². The lowest BCUT2D eigenvalue weighted by atomic mass is 9.95. The summed E-state index contributed by atoms with van der Waals surface area (Å²) in [7, 11) is -3.36. The number of hydrogen-bond acceptors (Lipinski definition) is 7. The molecule has 4 rings (SSSR count). The Labute approximate surface area is 177 Å². The summed E-state index contributed by atoms with van der Waals surface area (Å²) in [6.07, 6.45) is 1.82. The Morgan fingerprint density at radius 3 is 2.53 bits per heavy atom. The number of piperidine rings is 1. The second kappa shape index (κ2) is 7.61. The largest absolute Gasteiger partial charge is 0.355 e. The van der Waals surface area contributed by atoms with Crippen LogP contribution in [0, 0.1) is 5.92 Å². The zero-order valence-corrected chi connectivity index (χ0v) is 18.7. The molecule has 0 bridgehead atoms. The van der Waals surface area contributed by atoms with Gasteiger partial charge in [0, 0.05) is 32.7 Å². The molecule has 3 aliphatic rings. The first-order chi connectivity index (χ1) is 14.1. The van der Waals surface area contributed by atoms with Crippen LogP contribution in [0.1, 0.15) is 24.8 Å². The normalized spacial score (nSPS) is 27.0. The molecule has 9 nitrogen and oxygen atoms in total. The molecule has 1 aromatic rings. The third kappa shape index (κ3) is 3.85. The summed E-state index contributed by atoms with van der Waals surface area (Å²) < 4.78 is 52.7. The SMILES string of the molecule is CN(C)N(C(=O)[C@@H]1CCCN(C2=NS(=O)(=O)c3ccccc32)C1)[C@@H]1CCS(=O)(=O)C1.